The third-order valence-electron chi connectivity index (χ3n) is 5.89. The van der Waals surface area contributed by atoms with Gasteiger partial charge in [0, 0.05) is 24.2 Å². The Hall–Kier alpha value is -2.05. The number of benzene rings is 2. The lowest BCUT2D eigenvalue weighted by molar-refractivity contribution is 0.298. The van der Waals surface area contributed by atoms with E-state index in [0.29, 0.717) is 27.5 Å². The van der Waals surface area contributed by atoms with E-state index in [4.69, 9.17) is 4.74 Å². The minimum absolute atomic E-state index is 0.295. The van der Waals surface area contributed by atoms with E-state index in [-0.39, 0.29) is 0 Å². The van der Waals surface area contributed by atoms with Gasteiger partial charge in [-0.25, -0.2) is 8.42 Å². The highest BCUT2D eigenvalue weighted by molar-refractivity contribution is 7.91. The molecule has 2 aromatic rings. The molecule has 1 fully saturated rings. The number of rotatable bonds is 4. The smallest absolute Gasteiger partial charge is 0.206 e. The topological polar surface area (TPSA) is 58.6 Å². The summed E-state index contributed by atoms with van der Waals surface area (Å²) in [4.78, 5) is 3.13. The number of likely N-dealkylation sites (tertiary alicyclic amines) is 1. The lowest BCUT2D eigenvalue weighted by atomic mass is 9.91. The number of hydrogen-bond donors (Lipinski definition) is 1. The first kappa shape index (κ1) is 18.3. The van der Waals surface area contributed by atoms with E-state index < -0.39 is 9.84 Å². The fourth-order valence-electron chi connectivity index (χ4n) is 4.26. The van der Waals surface area contributed by atoms with E-state index in [9.17, 15) is 8.42 Å². The van der Waals surface area contributed by atoms with Crippen molar-refractivity contribution in [2.45, 2.75) is 41.5 Å². The van der Waals surface area contributed by atoms with Crippen LogP contribution < -0.4 is 10.1 Å². The van der Waals surface area contributed by atoms with Crippen molar-refractivity contribution in [2.75, 3.05) is 32.1 Å². The summed E-state index contributed by atoms with van der Waals surface area (Å²) in [6.45, 7) is 5.42. The molecular formula is C21H26N2O3S. The first-order valence-corrected chi connectivity index (χ1v) is 11.0. The summed E-state index contributed by atoms with van der Waals surface area (Å²) in [5.41, 5.74) is 2.23. The second-order valence-electron chi connectivity index (χ2n) is 7.30. The van der Waals surface area contributed by atoms with Gasteiger partial charge >= 0.3 is 0 Å². The molecule has 0 amide bonds. The lowest BCUT2D eigenvalue weighted by Crippen LogP contribution is -2.25. The molecule has 0 saturated carbocycles. The van der Waals surface area contributed by atoms with Crippen LogP contribution in [0.2, 0.25) is 0 Å². The molecule has 0 spiro atoms. The first-order valence-electron chi connectivity index (χ1n) is 9.55. The maximum atomic E-state index is 13.1. The van der Waals surface area contributed by atoms with Crippen molar-refractivity contribution in [1.29, 1.82) is 0 Å². The van der Waals surface area contributed by atoms with Gasteiger partial charge in [-0.1, -0.05) is 6.92 Å². The average Bonchev–Trinajstić information content (AvgIpc) is 2.91. The first-order chi connectivity index (χ1) is 13.0. The molecule has 0 aliphatic carbocycles. The molecule has 6 heteroatoms. The predicted molar refractivity (Wildman–Crippen MR) is 106 cm³/mol. The van der Waals surface area contributed by atoms with Gasteiger partial charge in [-0.3, -0.25) is 0 Å². The zero-order valence-electron chi connectivity index (χ0n) is 15.8. The SMILES string of the molecule is CCN1CC[C@H]2Nc3ccc(S(=O)(=O)c4ccc(OC)cc4)cc3[C@@H]2CC1. The fraction of sp³-hybridized carbons (Fsp3) is 0.429. The molecule has 0 bridgehead atoms. The van der Waals surface area contributed by atoms with E-state index in [1.807, 2.05) is 12.1 Å². The number of sulfone groups is 1. The monoisotopic (exact) mass is 386 g/mol. The number of nitrogens with zero attached hydrogens (tertiary/aromatic N) is 1. The summed E-state index contributed by atoms with van der Waals surface area (Å²) < 4.78 is 31.3. The summed E-state index contributed by atoms with van der Waals surface area (Å²) in [6, 6.07) is 12.5. The van der Waals surface area contributed by atoms with E-state index >= 15 is 0 Å². The normalized spacial score (nSPS) is 22.4. The summed E-state index contributed by atoms with van der Waals surface area (Å²) in [6.07, 6.45) is 2.15. The summed E-state index contributed by atoms with van der Waals surface area (Å²) in [5.74, 6) is 1.02. The van der Waals surface area contributed by atoms with Crippen LogP contribution in [-0.2, 0) is 9.84 Å². The zero-order valence-corrected chi connectivity index (χ0v) is 16.6. The van der Waals surface area contributed by atoms with Gasteiger partial charge in [0.25, 0.3) is 0 Å². The van der Waals surface area contributed by atoms with Crippen molar-refractivity contribution >= 4 is 15.5 Å². The van der Waals surface area contributed by atoms with Crippen LogP contribution in [0.25, 0.3) is 0 Å². The second-order valence-corrected chi connectivity index (χ2v) is 9.25. The molecule has 0 aromatic heterocycles. The van der Waals surface area contributed by atoms with E-state index in [1.165, 1.54) is 0 Å². The van der Waals surface area contributed by atoms with Crippen LogP contribution >= 0.6 is 0 Å². The molecule has 5 nitrogen and oxygen atoms in total. The summed E-state index contributed by atoms with van der Waals surface area (Å²) in [7, 11) is -1.97. The third kappa shape index (κ3) is 3.32. The molecule has 2 aliphatic heterocycles. The van der Waals surface area contributed by atoms with Gasteiger partial charge in [0.1, 0.15) is 5.75 Å². The molecule has 4 rings (SSSR count). The van der Waals surface area contributed by atoms with Crippen molar-refractivity contribution in [3.63, 3.8) is 0 Å². The molecule has 1 saturated heterocycles. The minimum atomic E-state index is -3.54. The summed E-state index contributed by atoms with van der Waals surface area (Å²) >= 11 is 0. The van der Waals surface area contributed by atoms with Crippen molar-refractivity contribution in [3.8, 4) is 5.75 Å². The Bertz CT molecular complexity index is 925. The van der Waals surface area contributed by atoms with Crippen molar-refractivity contribution in [2.24, 2.45) is 0 Å². The van der Waals surface area contributed by atoms with Crippen molar-refractivity contribution in [1.82, 2.24) is 4.90 Å². The van der Waals surface area contributed by atoms with Crippen LogP contribution in [0.4, 0.5) is 5.69 Å². The molecule has 0 unspecified atom stereocenters. The van der Waals surface area contributed by atoms with Gasteiger partial charge in [0.05, 0.1) is 16.9 Å². The van der Waals surface area contributed by atoms with Crippen LogP contribution in [0.15, 0.2) is 52.3 Å². The quantitative estimate of drug-likeness (QED) is 0.871. The Labute approximate surface area is 161 Å². The second kappa shape index (κ2) is 7.17. The summed E-state index contributed by atoms with van der Waals surface area (Å²) in [5, 5.41) is 3.62. The highest BCUT2D eigenvalue weighted by atomic mass is 32.2. The van der Waals surface area contributed by atoms with Crippen LogP contribution in [0.1, 0.15) is 31.2 Å². The van der Waals surface area contributed by atoms with E-state index in [1.54, 1.807) is 37.4 Å². The van der Waals surface area contributed by atoms with Gasteiger partial charge in [-0.05, 0) is 74.0 Å². The maximum Gasteiger partial charge on any atom is 0.206 e. The zero-order chi connectivity index (χ0) is 19.0. The molecule has 0 radical (unpaired) electrons. The van der Waals surface area contributed by atoms with E-state index in [2.05, 4.69) is 17.1 Å². The van der Waals surface area contributed by atoms with Gasteiger partial charge in [0.2, 0.25) is 9.84 Å². The lowest BCUT2D eigenvalue weighted by Gasteiger charge is -2.17. The largest absolute Gasteiger partial charge is 0.497 e. The van der Waals surface area contributed by atoms with Crippen molar-refractivity contribution in [3.05, 3.63) is 48.0 Å². The average molecular weight is 387 g/mol. The molecular weight excluding hydrogens is 360 g/mol. The predicted octanol–water partition coefficient (Wildman–Crippen LogP) is 3.52. The Balaban J connectivity index is 1.66. The molecule has 2 heterocycles. The Morgan fingerprint density at radius 3 is 2.48 bits per heavy atom. The number of ether oxygens (including phenoxy) is 1. The number of methoxy groups -OCH3 is 1. The van der Waals surface area contributed by atoms with Gasteiger partial charge in [-0.2, -0.15) is 0 Å². The minimum Gasteiger partial charge on any atom is -0.497 e. The highest BCUT2D eigenvalue weighted by Gasteiger charge is 2.35. The van der Waals surface area contributed by atoms with E-state index in [0.717, 1.165) is 43.7 Å². The molecule has 27 heavy (non-hydrogen) atoms. The highest BCUT2D eigenvalue weighted by Crippen LogP contribution is 2.42. The molecule has 144 valence electrons. The molecule has 2 aliphatic rings. The molecule has 2 atom stereocenters. The number of anilines is 1. The van der Waals surface area contributed by atoms with Gasteiger partial charge < -0.3 is 15.0 Å². The van der Waals surface area contributed by atoms with Crippen LogP contribution in [0, 0.1) is 0 Å². The standard InChI is InChI=1S/C21H26N2O3S/c1-3-23-12-10-18-19-14-17(8-9-20(19)22-21(18)11-13-23)27(24,25)16-6-4-15(26-2)5-7-16/h4-9,14,18,21-22H,3,10-13H2,1-2H3/t18-,21+/m0/s1. The number of fused-ring (bicyclic) bond motifs is 3. The van der Waals surface area contributed by atoms with Crippen LogP contribution in [0.5, 0.6) is 5.75 Å². The van der Waals surface area contributed by atoms with Crippen LogP contribution in [-0.4, -0.2) is 46.1 Å². The Morgan fingerprint density at radius 2 is 1.78 bits per heavy atom. The number of hydrogen-bond acceptors (Lipinski definition) is 5. The number of nitrogens with one attached hydrogen (secondary N) is 1. The van der Waals surface area contributed by atoms with Crippen molar-refractivity contribution < 1.29 is 13.2 Å². The fourth-order valence-corrected chi connectivity index (χ4v) is 5.55. The molecule has 2 aromatic carbocycles. The third-order valence-corrected chi connectivity index (χ3v) is 7.66. The molecule has 1 N–H and O–H groups in total. The Morgan fingerprint density at radius 1 is 1.07 bits per heavy atom. The van der Waals surface area contributed by atoms with Crippen LogP contribution in [0.3, 0.4) is 0 Å². The van der Waals surface area contributed by atoms with Gasteiger partial charge in [-0.15, -0.1) is 0 Å². The maximum absolute atomic E-state index is 13.1. The Kier molecular flexibility index (Phi) is 4.86. The van der Waals surface area contributed by atoms with Gasteiger partial charge in [0.15, 0.2) is 0 Å².